The van der Waals surface area contributed by atoms with Crippen LogP contribution in [-0.4, -0.2) is 47.9 Å². The van der Waals surface area contributed by atoms with Gasteiger partial charge in [0.25, 0.3) is 0 Å². The molecule has 5 rings (SSSR count). The lowest BCUT2D eigenvalue weighted by Crippen LogP contribution is -2.38. The third kappa shape index (κ3) is 4.04. The minimum Gasteiger partial charge on any atom is -0.331 e. The first-order valence-corrected chi connectivity index (χ1v) is 11.6. The number of fused-ring (bicyclic) bond motifs is 1. The summed E-state index contributed by atoms with van der Waals surface area (Å²) in [7, 11) is 0. The van der Waals surface area contributed by atoms with Gasteiger partial charge in [-0.25, -0.2) is 9.97 Å². The number of carbonyl (C=O) groups is 1. The van der Waals surface area contributed by atoms with Crippen molar-refractivity contribution in [3.63, 3.8) is 0 Å². The summed E-state index contributed by atoms with van der Waals surface area (Å²) < 4.78 is 4.01. The molecule has 9 nitrogen and oxygen atoms in total. The minimum absolute atomic E-state index is 0.154. The third-order valence-corrected chi connectivity index (χ3v) is 6.66. The number of nitrogens with zero attached hydrogens (tertiary/aromatic N) is 6. The SMILES string of the molecule is CC(C)c1cc(Nc2nc(N3CCCC3C(=O)Cc3ncns3)nc3c2CCC3)n[nH]1. The molecule has 1 fully saturated rings. The topological polar surface area (TPSA) is 113 Å². The smallest absolute Gasteiger partial charge is 0.228 e. The molecule has 3 aromatic heterocycles. The molecule has 0 saturated carbocycles. The van der Waals surface area contributed by atoms with Gasteiger partial charge in [0.1, 0.15) is 17.2 Å². The van der Waals surface area contributed by atoms with E-state index >= 15 is 0 Å². The van der Waals surface area contributed by atoms with Crippen LogP contribution in [0.2, 0.25) is 0 Å². The van der Waals surface area contributed by atoms with E-state index in [-0.39, 0.29) is 11.8 Å². The summed E-state index contributed by atoms with van der Waals surface area (Å²) in [4.78, 5) is 29.0. The molecule has 0 amide bonds. The first kappa shape index (κ1) is 20.0. The second kappa shape index (κ2) is 8.33. The first-order chi connectivity index (χ1) is 15.1. The average Bonchev–Trinajstić information content (AvgIpc) is 3.53. The molecule has 2 aliphatic rings. The van der Waals surface area contributed by atoms with Gasteiger partial charge in [0.15, 0.2) is 11.6 Å². The van der Waals surface area contributed by atoms with E-state index in [9.17, 15) is 4.79 Å². The van der Waals surface area contributed by atoms with Crippen molar-refractivity contribution >= 4 is 34.9 Å². The zero-order valence-corrected chi connectivity index (χ0v) is 18.6. The molecule has 162 valence electrons. The summed E-state index contributed by atoms with van der Waals surface area (Å²) in [6.45, 7) is 5.04. The monoisotopic (exact) mass is 438 g/mol. The molecule has 0 aromatic carbocycles. The summed E-state index contributed by atoms with van der Waals surface area (Å²) in [5.74, 6) is 2.73. The van der Waals surface area contributed by atoms with Crippen LogP contribution < -0.4 is 10.2 Å². The van der Waals surface area contributed by atoms with Crippen LogP contribution in [0.5, 0.6) is 0 Å². The highest BCUT2D eigenvalue weighted by Crippen LogP contribution is 2.33. The van der Waals surface area contributed by atoms with Crippen LogP contribution in [0.25, 0.3) is 0 Å². The van der Waals surface area contributed by atoms with Crippen molar-refractivity contribution in [3.05, 3.63) is 34.4 Å². The molecular formula is C21H26N8OS. The number of anilines is 3. The summed E-state index contributed by atoms with van der Waals surface area (Å²) in [5, 5.41) is 11.6. The molecule has 3 aromatic rings. The van der Waals surface area contributed by atoms with Crippen molar-refractivity contribution in [1.29, 1.82) is 0 Å². The Labute approximate surface area is 184 Å². The number of hydrogen-bond acceptors (Lipinski definition) is 9. The number of hydrogen-bond donors (Lipinski definition) is 2. The lowest BCUT2D eigenvalue weighted by atomic mass is 10.1. The van der Waals surface area contributed by atoms with Crippen LogP contribution in [0.4, 0.5) is 17.6 Å². The molecule has 4 heterocycles. The molecular weight excluding hydrogens is 412 g/mol. The quantitative estimate of drug-likeness (QED) is 0.578. The molecule has 0 spiro atoms. The van der Waals surface area contributed by atoms with E-state index in [1.807, 2.05) is 6.07 Å². The fourth-order valence-electron chi connectivity index (χ4n) is 4.35. The van der Waals surface area contributed by atoms with E-state index in [2.05, 4.69) is 43.6 Å². The number of ketones is 1. The highest BCUT2D eigenvalue weighted by molar-refractivity contribution is 7.05. The van der Waals surface area contributed by atoms with Gasteiger partial charge in [0.05, 0.1) is 18.2 Å². The van der Waals surface area contributed by atoms with Crippen LogP contribution in [0, 0.1) is 0 Å². The molecule has 0 radical (unpaired) electrons. The number of aryl methyl sites for hydroxylation is 1. The second-order valence-corrected chi connectivity index (χ2v) is 9.33. The van der Waals surface area contributed by atoms with Crippen LogP contribution in [-0.2, 0) is 24.1 Å². The summed E-state index contributed by atoms with van der Waals surface area (Å²) >= 11 is 1.28. The van der Waals surface area contributed by atoms with Gasteiger partial charge >= 0.3 is 0 Å². The van der Waals surface area contributed by atoms with Crippen LogP contribution in [0.3, 0.4) is 0 Å². The maximum absolute atomic E-state index is 13.0. The van der Waals surface area contributed by atoms with Crippen molar-refractivity contribution in [1.82, 2.24) is 29.5 Å². The molecule has 0 bridgehead atoms. The number of H-pyrrole nitrogens is 1. The Kier molecular flexibility index (Phi) is 5.39. The number of carbonyl (C=O) groups excluding carboxylic acids is 1. The van der Waals surface area contributed by atoms with E-state index in [4.69, 9.17) is 9.97 Å². The van der Waals surface area contributed by atoms with Crippen LogP contribution >= 0.6 is 11.5 Å². The van der Waals surface area contributed by atoms with Gasteiger partial charge < -0.3 is 10.2 Å². The number of aromatic nitrogens is 6. The second-order valence-electron chi connectivity index (χ2n) is 8.47. The predicted octanol–water partition coefficient (Wildman–Crippen LogP) is 3.19. The number of Topliss-reactive ketones (excluding diaryl/α,β-unsaturated/α-hetero) is 1. The minimum atomic E-state index is -0.214. The Bertz CT molecular complexity index is 1080. The maximum atomic E-state index is 13.0. The normalized spacial score (nSPS) is 18.0. The molecule has 10 heteroatoms. The van der Waals surface area contributed by atoms with Crippen molar-refractivity contribution in [2.75, 3.05) is 16.8 Å². The highest BCUT2D eigenvalue weighted by Gasteiger charge is 2.34. The van der Waals surface area contributed by atoms with Gasteiger partial charge in [0.2, 0.25) is 5.95 Å². The van der Waals surface area contributed by atoms with E-state index < -0.39 is 0 Å². The number of aromatic amines is 1. The zero-order valence-electron chi connectivity index (χ0n) is 17.8. The van der Waals surface area contributed by atoms with Gasteiger partial charge in [-0.15, -0.1) is 0 Å². The Balaban J connectivity index is 1.42. The third-order valence-electron chi connectivity index (χ3n) is 6.00. The van der Waals surface area contributed by atoms with Crippen molar-refractivity contribution in [3.8, 4) is 0 Å². The lowest BCUT2D eigenvalue weighted by molar-refractivity contribution is -0.119. The first-order valence-electron chi connectivity index (χ1n) is 10.9. The lowest BCUT2D eigenvalue weighted by Gasteiger charge is -2.24. The summed E-state index contributed by atoms with van der Waals surface area (Å²) in [6, 6.07) is 1.81. The Morgan fingerprint density at radius 2 is 2.23 bits per heavy atom. The van der Waals surface area contributed by atoms with Gasteiger partial charge in [-0.2, -0.15) is 14.5 Å². The van der Waals surface area contributed by atoms with Crippen LogP contribution in [0.15, 0.2) is 12.4 Å². The zero-order chi connectivity index (χ0) is 21.4. The Hall–Kier alpha value is -2.88. The molecule has 1 saturated heterocycles. The molecule has 31 heavy (non-hydrogen) atoms. The van der Waals surface area contributed by atoms with Gasteiger partial charge in [0, 0.05) is 23.9 Å². The van der Waals surface area contributed by atoms with Crippen molar-refractivity contribution < 1.29 is 4.79 Å². The Morgan fingerprint density at radius 3 is 3.00 bits per heavy atom. The van der Waals surface area contributed by atoms with E-state index in [1.54, 1.807) is 0 Å². The highest BCUT2D eigenvalue weighted by atomic mass is 32.1. The summed E-state index contributed by atoms with van der Waals surface area (Å²) in [6.07, 6.45) is 6.55. The molecule has 1 atom stereocenters. The van der Waals surface area contributed by atoms with E-state index in [0.717, 1.165) is 72.2 Å². The molecule has 1 unspecified atom stereocenters. The molecule has 2 N–H and O–H groups in total. The maximum Gasteiger partial charge on any atom is 0.228 e. The van der Waals surface area contributed by atoms with Crippen molar-refractivity contribution in [2.24, 2.45) is 0 Å². The fourth-order valence-corrected chi connectivity index (χ4v) is 4.87. The number of rotatable bonds is 7. The van der Waals surface area contributed by atoms with Crippen LogP contribution in [0.1, 0.15) is 61.0 Å². The predicted molar refractivity (Wildman–Crippen MR) is 119 cm³/mol. The fraction of sp³-hybridized carbons (Fsp3) is 0.524. The standard InChI is InChI=1S/C21H26N8OS/c1-12(2)15-9-18(28-27-15)25-20-13-5-3-6-14(13)24-21(26-20)29-8-4-7-16(29)17(30)10-19-22-11-23-31-19/h9,11-12,16H,3-8,10H2,1-2H3,(H2,24,25,26,27,28). The average molecular weight is 439 g/mol. The Morgan fingerprint density at radius 1 is 1.32 bits per heavy atom. The van der Waals surface area contributed by atoms with Gasteiger partial charge in [-0.1, -0.05) is 13.8 Å². The number of nitrogens with one attached hydrogen (secondary N) is 2. The van der Waals surface area contributed by atoms with E-state index in [0.29, 0.717) is 18.3 Å². The summed E-state index contributed by atoms with van der Waals surface area (Å²) in [5.41, 5.74) is 3.32. The van der Waals surface area contributed by atoms with E-state index in [1.165, 1.54) is 17.9 Å². The molecule has 1 aliphatic heterocycles. The van der Waals surface area contributed by atoms with Gasteiger partial charge in [-0.3, -0.25) is 9.89 Å². The van der Waals surface area contributed by atoms with Gasteiger partial charge in [-0.05, 0) is 49.6 Å². The largest absolute Gasteiger partial charge is 0.331 e. The molecule has 1 aliphatic carbocycles. The van der Waals surface area contributed by atoms with Crippen molar-refractivity contribution in [2.45, 2.75) is 64.3 Å².